The van der Waals surface area contributed by atoms with Gasteiger partial charge in [-0.25, -0.2) is 0 Å². The van der Waals surface area contributed by atoms with E-state index >= 15 is 0 Å². The summed E-state index contributed by atoms with van der Waals surface area (Å²) in [6.07, 6.45) is 7.18. The number of rotatable bonds is 0. The minimum absolute atomic E-state index is 0.749. The Morgan fingerprint density at radius 3 is 3.40 bits per heavy atom. The molecule has 0 atom stereocenters. The van der Waals surface area contributed by atoms with Crippen LogP contribution in [0.25, 0.3) is 0 Å². The molecule has 2 heterocycles. The van der Waals surface area contributed by atoms with Gasteiger partial charge in [0.2, 0.25) is 0 Å². The van der Waals surface area contributed by atoms with Crippen LogP contribution in [-0.2, 0) is 4.84 Å². The molecule has 0 aromatic rings. The molecule has 0 aliphatic carbocycles. The van der Waals surface area contributed by atoms with E-state index in [0.717, 1.165) is 17.8 Å². The normalized spacial score (nSPS) is 20.8. The quantitative estimate of drug-likeness (QED) is 0.484. The van der Waals surface area contributed by atoms with Gasteiger partial charge >= 0.3 is 0 Å². The molecule has 0 amide bonds. The molecule has 0 aromatic heterocycles. The Labute approximate surface area is 58.4 Å². The van der Waals surface area contributed by atoms with Gasteiger partial charge in [0.1, 0.15) is 6.26 Å². The smallest absolute Gasteiger partial charge is 0.131 e. The standard InChI is InChI=1S/C7H6N2O/c1-2-6-5-10-9-4-7(6)8-3-1/h1-2,4-5H,3H2. The van der Waals surface area contributed by atoms with E-state index in [1.54, 1.807) is 12.5 Å². The first-order valence-corrected chi connectivity index (χ1v) is 3.07. The van der Waals surface area contributed by atoms with E-state index < -0.39 is 0 Å². The third kappa shape index (κ3) is 0.757. The monoisotopic (exact) mass is 134 g/mol. The molecule has 0 aromatic carbocycles. The van der Waals surface area contributed by atoms with Gasteiger partial charge in [-0.15, -0.1) is 0 Å². The summed E-state index contributed by atoms with van der Waals surface area (Å²) < 4.78 is 0. The Morgan fingerprint density at radius 1 is 1.50 bits per heavy atom. The Balaban J connectivity index is 2.38. The van der Waals surface area contributed by atoms with E-state index in [9.17, 15) is 0 Å². The van der Waals surface area contributed by atoms with Crippen molar-refractivity contribution >= 4 is 11.9 Å². The zero-order valence-electron chi connectivity index (χ0n) is 5.32. The number of fused-ring (bicyclic) bond motifs is 1. The van der Waals surface area contributed by atoms with Crippen LogP contribution in [0.3, 0.4) is 0 Å². The molecule has 2 aliphatic heterocycles. The van der Waals surface area contributed by atoms with Gasteiger partial charge in [-0.05, 0) is 0 Å². The van der Waals surface area contributed by atoms with Crippen molar-refractivity contribution in [3.8, 4) is 0 Å². The van der Waals surface area contributed by atoms with Crippen LogP contribution in [0.5, 0.6) is 0 Å². The lowest BCUT2D eigenvalue weighted by Gasteiger charge is -2.08. The summed E-state index contributed by atoms with van der Waals surface area (Å²) in [7, 11) is 0. The van der Waals surface area contributed by atoms with Crippen molar-refractivity contribution in [2.24, 2.45) is 10.1 Å². The van der Waals surface area contributed by atoms with Crippen molar-refractivity contribution in [3.05, 3.63) is 24.0 Å². The van der Waals surface area contributed by atoms with Gasteiger partial charge in [0, 0.05) is 5.57 Å². The van der Waals surface area contributed by atoms with E-state index in [1.165, 1.54) is 0 Å². The highest BCUT2D eigenvalue weighted by molar-refractivity contribution is 6.39. The lowest BCUT2D eigenvalue weighted by molar-refractivity contribution is 0.268. The zero-order valence-corrected chi connectivity index (χ0v) is 5.32. The second-order valence-corrected chi connectivity index (χ2v) is 2.04. The third-order valence-corrected chi connectivity index (χ3v) is 1.38. The van der Waals surface area contributed by atoms with Crippen molar-refractivity contribution < 1.29 is 4.84 Å². The van der Waals surface area contributed by atoms with E-state index in [1.807, 2.05) is 12.2 Å². The molecule has 3 nitrogen and oxygen atoms in total. The van der Waals surface area contributed by atoms with Crippen molar-refractivity contribution in [2.75, 3.05) is 6.54 Å². The Kier molecular flexibility index (Phi) is 1.13. The highest BCUT2D eigenvalue weighted by atomic mass is 16.6. The molecule has 0 radical (unpaired) electrons. The number of allylic oxidation sites excluding steroid dienone is 2. The molecule has 2 rings (SSSR count). The van der Waals surface area contributed by atoms with Gasteiger partial charge in [-0.3, -0.25) is 4.99 Å². The average molecular weight is 134 g/mol. The Bertz CT molecular complexity index is 233. The number of hydrogen-bond donors (Lipinski definition) is 0. The predicted molar refractivity (Wildman–Crippen MR) is 39.1 cm³/mol. The lowest BCUT2D eigenvalue weighted by atomic mass is 10.1. The molecule has 0 bridgehead atoms. The zero-order chi connectivity index (χ0) is 6.81. The van der Waals surface area contributed by atoms with Gasteiger partial charge in [0.05, 0.1) is 18.5 Å². The average Bonchev–Trinajstić information content (AvgIpc) is 2.05. The SMILES string of the molecule is C1=CC2=CON=CC2=NC1. The second kappa shape index (κ2) is 2.10. The maximum atomic E-state index is 4.71. The first-order valence-electron chi connectivity index (χ1n) is 3.07. The number of dihydropyridines is 1. The van der Waals surface area contributed by atoms with Gasteiger partial charge in [0.25, 0.3) is 0 Å². The van der Waals surface area contributed by atoms with Crippen LogP contribution in [0.15, 0.2) is 34.1 Å². The van der Waals surface area contributed by atoms with Crippen molar-refractivity contribution in [3.63, 3.8) is 0 Å². The van der Waals surface area contributed by atoms with Crippen molar-refractivity contribution in [1.29, 1.82) is 0 Å². The fourth-order valence-corrected chi connectivity index (χ4v) is 0.890. The number of nitrogens with zero attached hydrogens (tertiary/aromatic N) is 2. The molecule has 0 saturated heterocycles. The Morgan fingerprint density at radius 2 is 2.50 bits per heavy atom. The first-order chi connectivity index (χ1) is 4.97. The molecular weight excluding hydrogens is 128 g/mol. The number of hydrogen-bond acceptors (Lipinski definition) is 3. The molecule has 2 aliphatic rings. The van der Waals surface area contributed by atoms with Crippen LogP contribution < -0.4 is 0 Å². The van der Waals surface area contributed by atoms with Gasteiger partial charge < -0.3 is 4.84 Å². The molecule has 0 fully saturated rings. The van der Waals surface area contributed by atoms with E-state index in [0.29, 0.717) is 0 Å². The van der Waals surface area contributed by atoms with Crippen LogP contribution in [-0.4, -0.2) is 18.5 Å². The summed E-state index contributed by atoms with van der Waals surface area (Å²) in [6.45, 7) is 0.749. The highest BCUT2D eigenvalue weighted by Crippen LogP contribution is 2.08. The van der Waals surface area contributed by atoms with Gasteiger partial charge in [-0.1, -0.05) is 17.3 Å². The summed E-state index contributed by atoms with van der Waals surface area (Å²) in [5, 5.41) is 3.60. The second-order valence-electron chi connectivity index (χ2n) is 2.04. The minimum Gasteiger partial charge on any atom is -0.364 e. The maximum absolute atomic E-state index is 4.71. The van der Waals surface area contributed by atoms with Crippen LogP contribution in [0.2, 0.25) is 0 Å². The van der Waals surface area contributed by atoms with Gasteiger partial charge in [-0.2, -0.15) is 0 Å². The summed E-state index contributed by atoms with van der Waals surface area (Å²) in [5.74, 6) is 0. The molecule has 0 unspecified atom stereocenters. The van der Waals surface area contributed by atoms with E-state index in [4.69, 9.17) is 4.84 Å². The van der Waals surface area contributed by atoms with Crippen LogP contribution in [0.1, 0.15) is 0 Å². The molecule has 0 saturated carbocycles. The topological polar surface area (TPSA) is 34.0 Å². The van der Waals surface area contributed by atoms with Crippen LogP contribution in [0, 0.1) is 0 Å². The van der Waals surface area contributed by atoms with Crippen LogP contribution in [0.4, 0.5) is 0 Å². The van der Waals surface area contributed by atoms with Gasteiger partial charge in [0.15, 0.2) is 0 Å². The molecule has 0 N–H and O–H groups in total. The predicted octanol–water partition coefficient (Wildman–Crippen LogP) is 0.897. The largest absolute Gasteiger partial charge is 0.364 e. The first kappa shape index (κ1) is 5.41. The lowest BCUT2D eigenvalue weighted by Crippen LogP contribution is -2.10. The number of aliphatic imine (C=N–C) groups is 1. The van der Waals surface area contributed by atoms with E-state index in [2.05, 4.69) is 10.1 Å². The molecule has 10 heavy (non-hydrogen) atoms. The highest BCUT2D eigenvalue weighted by Gasteiger charge is 2.07. The Hall–Kier alpha value is -1.38. The summed E-state index contributed by atoms with van der Waals surface area (Å²) in [6, 6.07) is 0. The van der Waals surface area contributed by atoms with Crippen molar-refractivity contribution in [2.45, 2.75) is 0 Å². The molecule has 50 valence electrons. The molecular formula is C7H6N2O. The third-order valence-electron chi connectivity index (χ3n) is 1.38. The minimum atomic E-state index is 0.749. The fourth-order valence-electron chi connectivity index (χ4n) is 0.890. The van der Waals surface area contributed by atoms with Crippen molar-refractivity contribution in [1.82, 2.24) is 0 Å². The fraction of sp³-hybridized carbons (Fsp3) is 0.143. The van der Waals surface area contributed by atoms with Crippen LogP contribution >= 0.6 is 0 Å². The summed E-state index contributed by atoms with van der Waals surface area (Å²) >= 11 is 0. The maximum Gasteiger partial charge on any atom is 0.131 e. The summed E-state index contributed by atoms with van der Waals surface area (Å²) in [5.41, 5.74) is 1.91. The molecule has 0 spiro atoms. The molecule has 3 heteroatoms. The number of oxime groups is 1. The summed E-state index contributed by atoms with van der Waals surface area (Å²) in [4.78, 5) is 8.90. The van der Waals surface area contributed by atoms with E-state index in [-0.39, 0.29) is 0 Å².